The van der Waals surface area contributed by atoms with E-state index in [9.17, 15) is 4.79 Å². The SMILES string of the molecule is COc1ccc(CN2C[C@@H]3CC[C@H](C2)N(C(=O)CN2CCOCC2)C3)cc1. The predicted molar refractivity (Wildman–Crippen MR) is 104 cm³/mol. The van der Waals surface area contributed by atoms with Gasteiger partial charge in [0.2, 0.25) is 5.91 Å². The van der Waals surface area contributed by atoms with Crippen LogP contribution in [0.1, 0.15) is 18.4 Å². The molecule has 0 spiro atoms. The van der Waals surface area contributed by atoms with E-state index in [4.69, 9.17) is 9.47 Å². The molecule has 27 heavy (non-hydrogen) atoms. The Bertz CT molecular complexity index is 630. The fraction of sp³-hybridized carbons (Fsp3) is 0.667. The standard InChI is InChI=1S/C21H31N3O3/c1-26-20-6-3-17(4-7-20)12-23-13-18-2-5-19(15-23)24(14-18)21(25)16-22-8-10-27-11-9-22/h3-4,6-7,18-19H,2,5,8-16H2,1H3/t18-,19+/m0/s1. The zero-order chi connectivity index (χ0) is 18.6. The lowest BCUT2D eigenvalue weighted by Gasteiger charge is -2.38. The third kappa shape index (κ3) is 4.62. The lowest BCUT2D eigenvalue weighted by atomic mass is 9.95. The minimum atomic E-state index is 0.304. The first-order valence-corrected chi connectivity index (χ1v) is 10.2. The van der Waals surface area contributed by atoms with Crippen molar-refractivity contribution in [3.05, 3.63) is 29.8 Å². The summed E-state index contributed by atoms with van der Waals surface area (Å²) in [5.74, 6) is 1.79. The number of amides is 1. The second kappa shape index (κ2) is 8.59. The Kier molecular flexibility index (Phi) is 5.95. The Morgan fingerprint density at radius 1 is 1.07 bits per heavy atom. The fourth-order valence-corrected chi connectivity index (χ4v) is 4.64. The van der Waals surface area contributed by atoms with Gasteiger partial charge >= 0.3 is 0 Å². The van der Waals surface area contributed by atoms with Gasteiger partial charge in [-0.1, -0.05) is 12.1 Å². The van der Waals surface area contributed by atoms with Crippen LogP contribution in [0.15, 0.2) is 24.3 Å². The number of hydrogen-bond acceptors (Lipinski definition) is 5. The molecule has 0 unspecified atom stereocenters. The van der Waals surface area contributed by atoms with Crippen molar-refractivity contribution in [1.82, 2.24) is 14.7 Å². The van der Waals surface area contributed by atoms with Crippen molar-refractivity contribution in [2.24, 2.45) is 5.92 Å². The lowest BCUT2D eigenvalue weighted by molar-refractivity contribution is -0.137. The number of hydrogen-bond donors (Lipinski definition) is 0. The number of benzene rings is 1. The average molecular weight is 373 g/mol. The largest absolute Gasteiger partial charge is 0.497 e. The molecule has 2 bridgehead atoms. The highest BCUT2D eigenvalue weighted by Gasteiger charge is 2.37. The second-order valence-electron chi connectivity index (χ2n) is 8.07. The van der Waals surface area contributed by atoms with Crippen molar-refractivity contribution in [3.63, 3.8) is 0 Å². The van der Waals surface area contributed by atoms with E-state index in [0.717, 1.165) is 64.7 Å². The number of fused-ring (bicyclic) bond motifs is 4. The number of nitrogens with zero attached hydrogens (tertiary/aromatic N) is 3. The van der Waals surface area contributed by atoms with Crippen molar-refractivity contribution in [1.29, 1.82) is 0 Å². The van der Waals surface area contributed by atoms with Crippen molar-refractivity contribution in [2.75, 3.05) is 59.6 Å². The van der Waals surface area contributed by atoms with E-state index in [2.05, 4.69) is 26.8 Å². The summed E-state index contributed by atoms with van der Waals surface area (Å²) in [5, 5.41) is 0. The van der Waals surface area contributed by atoms with Gasteiger partial charge in [0.05, 0.1) is 26.9 Å². The van der Waals surface area contributed by atoms with Gasteiger partial charge in [0.1, 0.15) is 5.75 Å². The zero-order valence-electron chi connectivity index (χ0n) is 16.3. The first-order valence-electron chi connectivity index (χ1n) is 10.2. The van der Waals surface area contributed by atoms with Crippen molar-refractivity contribution in [2.45, 2.75) is 25.4 Å². The molecule has 6 nitrogen and oxygen atoms in total. The Labute approximate surface area is 162 Å². The molecule has 1 amide bonds. The number of morpholine rings is 1. The molecular formula is C21H31N3O3. The highest BCUT2D eigenvalue weighted by atomic mass is 16.5. The van der Waals surface area contributed by atoms with Gasteiger partial charge in [-0.15, -0.1) is 0 Å². The average Bonchev–Trinajstić information content (AvgIpc) is 3.00. The molecule has 1 aromatic carbocycles. The predicted octanol–water partition coefficient (Wildman–Crippen LogP) is 1.45. The zero-order valence-corrected chi connectivity index (χ0v) is 16.3. The third-order valence-corrected chi connectivity index (χ3v) is 6.14. The summed E-state index contributed by atoms with van der Waals surface area (Å²) >= 11 is 0. The fourth-order valence-electron chi connectivity index (χ4n) is 4.64. The molecule has 0 aliphatic carbocycles. The topological polar surface area (TPSA) is 45.2 Å². The first-order chi connectivity index (χ1) is 13.2. The summed E-state index contributed by atoms with van der Waals surface area (Å²) in [6, 6.07) is 8.70. The van der Waals surface area contributed by atoms with Crippen LogP contribution >= 0.6 is 0 Å². The summed E-state index contributed by atoms with van der Waals surface area (Å²) in [5.41, 5.74) is 1.31. The molecule has 5 rings (SSSR count). The Morgan fingerprint density at radius 2 is 1.85 bits per heavy atom. The van der Waals surface area contributed by atoms with E-state index in [1.165, 1.54) is 12.0 Å². The van der Waals surface area contributed by atoms with Crippen LogP contribution in [0.5, 0.6) is 5.75 Å². The van der Waals surface area contributed by atoms with Crippen LogP contribution in [0.2, 0.25) is 0 Å². The normalized spacial score (nSPS) is 26.8. The molecule has 1 aromatic rings. The molecule has 4 aliphatic heterocycles. The highest BCUT2D eigenvalue weighted by Crippen LogP contribution is 2.29. The summed E-state index contributed by atoms with van der Waals surface area (Å²) < 4.78 is 10.7. The van der Waals surface area contributed by atoms with Crippen LogP contribution in [-0.2, 0) is 16.1 Å². The molecule has 4 saturated heterocycles. The van der Waals surface area contributed by atoms with Crippen molar-refractivity contribution >= 4 is 5.91 Å². The molecule has 6 heteroatoms. The third-order valence-electron chi connectivity index (χ3n) is 6.14. The summed E-state index contributed by atoms with van der Waals surface area (Å²) in [7, 11) is 1.70. The maximum atomic E-state index is 13.0. The van der Waals surface area contributed by atoms with E-state index < -0.39 is 0 Å². The number of piperidine rings is 1. The highest BCUT2D eigenvalue weighted by molar-refractivity contribution is 5.78. The lowest BCUT2D eigenvalue weighted by Crippen LogP contribution is -2.52. The molecular weight excluding hydrogens is 342 g/mol. The molecule has 2 atom stereocenters. The molecule has 4 aliphatic rings. The van der Waals surface area contributed by atoms with Gasteiger partial charge in [0.15, 0.2) is 0 Å². The summed E-state index contributed by atoms with van der Waals surface area (Å²) in [6.45, 7) is 7.72. The molecule has 4 fully saturated rings. The minimum Gasteiger partial charge on any atom is -0.497 e. The van der Waals surface area contributed by atoms with Crippen LogP contribution in [0.25, 0.3) is 0 Å². The summed E-state index contributed by atoms with van der Waals surface area (Å²) in [6.07, 6.45) is 2.38. The number of rotatable bonds is 5. The van der Waals surface area contributed by atoms with Gasteiger partial charge in [-0.25, -0.2) is 0 Å². The molecule has 0 saturated carbocycles. The molecule has 0 N–H and O–H groups in total. The van der Waals surface area contributed by atoms with Crippen LogP contribution < -0.4 is 4.74 Å². The van der Waals surface area contributed by atoms with Gasteiger partial charge < -0.3 is 14.4 Å². The van der Waals surface area contributed by atoms with Crippen LogP contribution in [0.4, 0.5) is 0 Å². The molecule has 148 valence electrons. The van der Waals surface area contributed by atoms with Gasteiger partial charge in [-0.3, -0.25) is 14.6 Å². The van der Waals surface area contributed by atoms with E-state index >= 15 is 0 Å². The number of methoxy groups -OCH3 is 1. The van der Waals surface area contributed by atoms with Crippen molar-refractivity contribution in [3.8, 4) is 5.75 Å². The van der Waals surface area contributed by atoms with Gasteiger partial charge in [0, 0.05) is 45.3 Å². The van der Waals surface area contributed by atoms with Crippen LogP contribution in [0.3, 0.4) is 0 Å². The van der Waals surface area contributed by atoms with E-state index in [1.807, 2.05) is 12.1 Å². The van der Waals surface area contributed by atoms with Crippen LogP contribution in [-0.4, -0.2) is 86.2 Å². The quantitative estimate of drug-likeness (QED) is 0.782. The van der Waals surface area contributed by atoms with Gasteiger partial charge in [-0.05, 0) is 36.5 Å². The Morgan fingerprint density at radius 3 is 2.59 bits per heavy atom. The molecule has 0 aromatic heterocycles. The Hall–Kier alpha value is -1.63. The van der Waals surface area contributed by atoms with Gasteiger partial charge in [-0.2, -0.15) is 0 Å². The van der Waals surface area contributed by atoms with E-state index in [-0.39, 0.29) is 0 Å². The minimum absolute atomic E-state index is 0.304. The van der Waals surface area contributed by atoms with E-state index in [1.54, 1.807) is 7.11 Å². The molecule has 4 heterocycles. The van der Waals surface area contributed by atoms with Crippen LogP contribution in [0, 0.1) is 5.92 Å². The molecule has 0 radical (unpaired) electrons. The van der Waals surface area contributed by atoms with Crippen molar-refractivity contribution < 1.29 is 14.3 Å². The second-order valence-corrected chi connectivity index (χ2v) is 8.07. The number of carbonyl (C=O) groups is 1. The monoisotopic (exact) mass is 373 g/mol. The maximum absolute atomic E-state index is 13.0. The first kappa shape index (κ1) is 18.7. The maximum Gasteiger partial charge on any atom is 0.237 e. The smallest absolute Gasteiger partial charge is 0.237 e. The van der Waals surface area contributed by atoms with Gasteiger partial charge in [0.25, 0.3) is 0 Å². The number of carbonyl (C=O) groups excluding carboxylic acids is 1. The van der Waals surface area contributed by atoms with E-state index in [0.29, 0.717) is 24.4 Å². The summed E-state index contributed by atoms with van der Waals surface area (Å²) in [4.78, 5) is 19.9. The number of ether oxygens (including phenoxy) is 2. The Balaban J connectivity index is 1.36.